The minimum Gasteiger partial charge on any atom is -0.497 e. The zero-order chi connectivity index (χ0) is 10.8. The summed E-state index contributed by atoms with van der Waals surface area (Å²) < 4.78 is 7.08. The van der Waals surface area contributed by atoms with Crippen LogP contribution in [-0.2, 0) is 13.5 Å². The highest BCUT2D eigenvalue weighted by molar-refractivity contribution is 5.83. The van der Waals surface area contributed by atoms with Crippen LogP contribution in [0.1, 0.15) is 5.69 Å². The number of aromatic nitrogens is 2. The Morgan fingerprint density at radius 3 is 2.93 bits per heavy atom. The van der Waals surface area contributed by atoms with Gasteiger partial charge in [-0.3, -0.25) is 4.68 Å². The van der Waals surface area contributed by atoms with Crippen molar-refractivity contribution in [3.8, 4) is 5.75 Å². The molecule has 1 aromatic carbocycles. The lowest BCUT2D eigenvalue weighted by Crippen LogP contribution is -2.07. The molecular formula is C11H15N3O. The first-order valence-electron chi connectivity index (χ1n) is 4.96. The number of methoxy groups -OCH3 is 1. The Labute approximate surface area is 88.6 Å². The molecule has 4 nitrogen and oxygen atoms in total. The molecule has 0 radical (unpaired) electrons. The first-order chi connectivity index (χ1) is 7.26. The van der Waals surface area contributed by atoms with E-state index in [0.717, 1.165) is 28.8 Å². The van der Waals surface area contributed by atoms with E-state index < -0.39 is 0 Å². The van der Waals surface area contributed by atoms with Gasteiger partial charge in [0.05, 0.1) is 12.6 Å². The molecule has 0 aliphatic heterocycles. The largest absolute Gasteiger partial charge is 0.497 e. The van der Waals surface area contributed by atoms with E-state index in [-0.39, 0.29) is 0 Å². The van der Waals surface area contributed by atoms with Gasteiger partial charge in [-0.1, -0.05) is 0 Å². The quantitative estimate of drug-likeness (QED) is 0.815. The maximum atomic E-state index is 5.58. The zero-order valence-corrected chi connectivity index (χ0v) is 9.03. The van der Waals surface area contributed by atoms with E-state index in [1.165, 1.54) is 0 Å². The molecule has 0 unspecified atom stereocenters. The average molecular weight is 205 g/mol. The molecule has 0 aliphatic rings. The number of nitrogens with two attached hydrogens (primary N) is 1. The van der Waals surface area contributed by atoms with E-state index in [0.29, 0.717) is 6.54 Å². The van der Waals surface area contributed by atoms with Crippen LogP contribution < -0.4 is 10.5 Å². The van der Waals surface area contributed by atoms with Crippen LogP contribution in [0.4, 0.5) is 0 Å². The maximum absolute atomic E-state index is 5.58. The minimum atomic E-state index is 0.631. The summed E-state index contributed by atoms with van der Waals surface area (Å²) in [6, 6.07) is 5.89. The highest BCUT2D eigenvalue weighted by Crippen LogP contribution is 2.23. The molecule has 2 aromatic rings. The molecule has 0 bridgehead atoms. The molecule has 80 valence electrons. The number of hydrogen-bond acceptors (Lipinski definition) is 3. The predicted octanol–water partition coefficient (Wildman–Crippen LogP) is 1.08. The van der Waals surface area contributed by atoms with Crippen LogP contribution in [0.5, 0.6) is 5.75 Å². The summed E-state index contributed by atoms with van der Waals surface area (Å²) in [5.41, 5.74) is 7.72. The number of aryl methyl sites for hydroxylation is 1. The van der Waals surface area contributed by atoms with Crippen LogP contribution in [0.15, 0.2) is 18.2 Å². The van der Waals surface area contributed by atoms with Gasteiger partial charge in [0.25, 0.3) is 0 Å². The van der Waals surface area contributed by atoms with Crippen molar-refractivity contribution in [2.24, 2.45) is 12.8 Å². The molecule has 15 heavy (non-hydrogen) atoms. The maximum Gasteiger partial charge on any atom is 0.119 e. The number of fused-ring (bicyclic) bond motifs is 1. The topological polar surface area (TPSA) is 53.1 Å². The van der Waals surface area contributed by atoms with Crippen LogP contribution >= 0.6 is 0 Å². The molecular weight excluding hydrogens is 190 g/mol. The molecule has 0 spiro atoms. The Morgan fingerprint density at radius 2 is 2.27 bits per heavy atom. The van der Waals surface area contributed by atoms with Crippen LogP contribution in [-0.4, -0.2) is 23.4 Å². The second-order valence-electron chi connectivity index (χ2n) is 3.49. The summed E-state index contributed by atoms with van der Waals surface area (Å²) in [7, 11) is 3.61. The number of hydrogen-bond donors (Lipinski definition) is 1. The lowest BCUT2D eigenvalue weighted by molar-refractivity contribution is 0.415. The van der Waals surface area contributed by atoms with Crippen molar-refractivity contribution in [1.29, 1.82) is 0 Å². The third-order valence-electron chi connectivity index (χ3n) is 2.54. The van der Waals surface area contributed by atoms with Gasteiger partial charge in [0, 0.05) is 24.5 Å². The molecule has 1 heterocycles. The van der Waals surface area contributed by atoms with E-state index in [9.17, 15) is 0 Å². The van der Waals surface area contributed by atoms with Gasteiger partial charge in [-0.15, -0.1) is 0 Å². The molecule has 1 aromatic heterocycles. The molecule has 0 saturated carbocycles. The van der Waals surface area contributed by atoms with E-state index in [2.05, 4.69) is 5.10 Å². The Hall–Kier alpha value is -1.55. The Balaban J connectivity index is 2.61. The summed E-state index contributed by atoms with van der Waals surface area (Å²) in [6.45, 7) is 0.631. The normalized spacial score (nSPS) is 10.9. The summed E-state index contributed by atoms with van der Waals surface area (Å²) in [6.07, 6.45) is 0.833. The van der Waals surface area contributed by atoms with Crippen molar-refractivity contribution in [2.75, 3.05) is 13.7 Å². The van der Waals surface area contributed by atoms with Crippen molar-refractivity contribution >= 4 is 10.9 Å². The summed E-state index contributed by atoms with van der Waals surface area (Å²) in [5.74, 6) is 0.855. The van der Waals surface area contributed by atoms with Gasteiger partial charge in [0.15, 0.2) is 0 Å². The third-order valence-corrected chi connectivity index (χ3v) is 2.54. The van der Waals surface area contributed by atoms with Crippen LogP contribution in [0.3, 0.4) is 0 Å². The first-order valence-corrected chi connectivity index (χ1v) is 4.96. The fourth-order valence-corrected chi connectivity index (χ4v) is 1.79. The second kappa shape index (κ2) is 3.90. The number of ether oxygens (including phenoxy) is 1. The lowest BCUT2D eigenvalue weighted by atomic mass is 10.1. The van der Waals surface area contributed by atoms with E-state index in [1.807, 2.05) is 29.9 Å². The molecule has 2 N–H and O–H groups in total. The van der Waals surface area contributed by atoms with Crippen molar-refractivity contribution in [1.82, 2.24) is 9.78 Å². The van der Waals surface area contributed by atoms with Gasteiger partial charge in [-0.2, -0.15) is 5.10 Å². The predicted molar refractivity (Wildman–Crippen MR) is 60.0 cm³/mol. The van der Waals surface area contributed by atoms with E-state index >= 15 is 0 Å². The fraction of sp³-hybridized carbons (Fsp3) is 0.364. The van der Waals surface area contributed by atoms with Crippen molar-refractivity contribution < 1.29 is 4.74 Å². The van der Waals surface area contributed by atoms with Crippen molar-refractivity contribution in [3.63, 3.8) is 0 Å². The van der Waals surface area contributed by atoms with Crippen molar-refractivity contribution in [3.05, 3.63) is 23.9 Å². The summed E-state index contributed by atoms with van der Waals surface area (Å²) in [5, 5.41) is 5.54. The summed E-state index contributed by atoms with van der Waals surface area (Å²) in [4.78, 5) is 0. The number of rotatable bonds is 3. The summed E-state index contributed by atoms with van der Waals surface area (Å²) >= 11 is 0. The minimum absolute atomic E-state index is 0.631. The fourth-order valence-electron chi connectivity index (χ4n) is 1.79. The number of nitrogens with zero attached hydrogens (tertiary/aromatic N) is 2. The molecule has 0 atom stereocenters. The second-order valence-corrected chi connectivity index (χ2v) is 3.49. The Kier molecular flexibility index (Phi) is 2.60. The van der Waals surface area contributed by atoms with Gasteiger partial charge in [-0.25, -0.2) is 0 Å². The monoisotopic (exact) mass is 205 g/mol. The van der Waals surface area contributed by atoms with Gasteiger partial charge < -0.3 is 10.5 Å². The molecule has 0 aliphatic carbocycles. The van der Waals surface area contributed by atoms with Crippen molar-refractivity contribution in [2.45, 2.75) is 6.42 Å². The molecule has 4 heteroatoms. The zero-order valence-electron chi connectivity index (χ0n) is 9.03. The molecule has 0 amide bonds. The third kappa shape index (κ3) is 1.68. The lowest BCUT2D eigenvalue weighted by Gasteiger charge is -2.01. The average Bonchev–Trinajstić information content (AvgIpc) is 2.55. The molecule has 0 fully saturated rings. The Bertz CT molecular complexity index is 476. The van der Waals surface area contributed by atoms with E-state index in [1.54, 1.807) is 7.11 Å². The van der Waals surface area contributed by atoms with Crippen LogP contribution in [0, 0.1) is 0 Å². The Morgan fingerprint density at radius 1 is 1.47 bits per heavy atom. The SMILES string of the molecule is COc1ccc2nn(C)c(CCN)c2c1. The highest BCUT2D eigenvalue weighted by Gasteiger charge is 2.08. The van der Waals surface area contributed by atoms with Crippen LogP contribution in [0.25, 0.3) is 10.9 Å². The van der Waals surface area contributed by atoms with E-state index in [4.69, 9.17) is 10.5 Å². The van der Waals surface area contributed by atoms with Gasteiger partial charge in [0.2, 0.25) is 0 Å². The smallest absolute Gasteiger partial charge is 0.119 e. The van der Waals surface area contributed by atoms with Gasteiger partial charge in [0.1, 0.15) is 5.75 Å². The molecule has 0 saturated heterocycles. The molecule has 2 rings (SSSR count). The highest BCUT2D eigenvalue weighted by atomic mass is 16.5. The van der Waals surface area contributed by atoms with Gasteiger partial charge >= 0.3 is 0 Å². The van der Waals surface area contributed by atoms with Crippen LogP contribution in [0.2, 0.25) is 0 Å². The van der Waals surface area contributed by atoms with Gasteiger partial charge in [-0.05, 0) is 24.7 Å². The first kappa shape index (κ1) is 9.98. The number of benzene rings is 1. The standard InChI is InChI=1S/C11H15N3O/c1-14-11(5-6-12)9-7-8(15-2)3-4-10(9)13-14/h3-4,7H,5-6,12H2,1-2H3.